The van der Waals surface area contributed by atoms with Crippen LogP contribution in [0.3, 0.4) is 0 Å². The summed E-state index contributed by atoms with van der Waals surface area (Å²) < 4.78 is 0.910. The molecule has 7 heteroatoms. The van der Waals surface area contributed by atoms with Crippen LogP contribution in [0, 0.1) is 5.21 Å². The fraction of sp³-hybridized carbons (Fsp3) is 0. The molecule has 1 heterocycles. The predicted molar refractivity (Wildman–Crippen MR) is 46.9 cm³/mol. The molecule has 0 spiro atoms. The molecule has 12 heavy (non-hydrogen) atoms. The van der Waals surface area contributed by atoms with E-state index in [1.165, 1.54) is 12.1 Å². The van der Waals surface area contributed by atoms with Crippen LogP contribution in [0.1, 0.15) is 0 Å². The van der Waals surface area contributed by atoms with Crippen molar-refractivity contribution in [2.75, 3.05) is 5.23 Å². The molecule has 0 aromatic carbocycles. The Labute approximate surface area is 84.6 Å². The largest absolute Gasteiger partial charge is 0.617 e. The van der Waals surface area contributed by atoms with Gasteiger partial charge in [0.05, 0.1) is 0 Å². The van der Waals surface area contributed by atoms with E-state index < -0.39 is 0 Å². The molecule has 0 saturated carbocycles. The van der Waals surface area contributed by atoms with Gasteiger partial charge in [0, 0.05) is 44.0 Å². The van der Waals surface area contributed by atoms with Crippen molar-refractivity contribution in [3.63, 3.8) is 0 Å². The molecule has 66 valence electrons. The summed E-state index contributed by atoms with van der Waals surface area (Å²) in [6, 6.07) is 2.52. The lowest BCUT2D eigenvalue weighted by Crippen LogP contribution is -2.30. The van der Waals surface area contributed by atoms with Crippen LogP contribution >= 0.6 is 31.9 Å². The quantitative estimate of drug-likeness (QED) is 0.356. The summed E-state index contributed by atoms with van der Waals surface area (Å²) in [5.74, 6) is 0. The van der Waals surface area contributed by atoms with Crippen LogP contribution in [0.5, 0.6) is 0 Å². The zero-order chi connectivity index (χ0) is 9.30. The number of pyridine rings is 1. The molecule has 2 N–H and O–H groups in total. The lowest BCUT2D eigenvalue weighted by atomic mass is 10.4. The van der Waals surface area contributed by atoms with Gasteiger partial charge in [-0.3, -0.25) is 10.4 Å². The number of aromatic nitrogens is 1. The zero-order valence-corrected chi connectivity index (χ0v) is 8.78. The first kappa shape index (κ1) is 9.72. The van der Waals surface area contributed by atoms with Gasteiger partial charge in [0.2, 0.25) is 0 Å². The Hall–Kier alpha value is -0.370. The molecule has 0 atom stereocenters. The van der Waals surface area contributed by atoms with Gasteiger partial charge in [-0.2, -0.15) is 4.73 Å². The van der Waals surface area contributed by atoms with E-state index in [-0.39, 0.29) is 20.1 Å². The monoisotopic (exact) mass is 298 g/mol. The fourth-order valence-corrected chi connectivity index (χ4v) is 1.71. The summed E-state index contributed by atoms with van der Waals surface area (Å²) in [5.41, 5.74) is 0.0841. The first-order valence-electron chi connectivity index (χ1n) is 2.79. The third kappa shape index (κ3) is 1.86. The molecule has 1 rings (SSSR count). The van der Waals surface area contributed by atoms with Gasteiger partial charge in [0.15, 0.2) is 0 Å². The summed E-state index contributed by atoms with van der Waals surface area (Å²) in [6.07, 6.45) is 0. The minimum absolute atomic E-state index is 0.0739. The van der Waals surface area contributed by atoms with Gasteiger partial charge in [0.1, 0.15) is 5.69 Å². The molecule has 0 aliphatic rings. The molecule has 0 aliphatic heterocycles. The summed E-state index contributed by atoms with van der Waals surface area (Å²) >= 11 is 5.87. The van der Waals surface area contributed by atoms with E-state index in [1.54, 1.807) is 0 Å². The molecule has 0 aliphatic carbocycles. The van der Waals surface area contributed by atoms with Crippen molar-refractivity contribution in [1.29, 1.82) is 0 Å². The summed E-state index contributed by atoms with van der Waals surface area (Å²) in [4.78, 5) is 0. The molecule has 0 radical (unpaired) electrons. The summed E-state index contributed by atoms with van der Waals surface area (Å²) in [5, 5.41) is 28.1. The SMILES string of the molecule is [O-][n+]1c(Br)cc(N(O)O)cc1Br. The zero-order valence-electron chi connectivity index (χ0n) is 5.61. The van der Waals surface area contributed by atoms with Crippen LogP contribution < -0.4 is 9.96 Å². The minimum Gasteiger partial charge on any atom is -0.617 e. The van der Waals surface area contributed by atoms with Crippen molar-refractivity contribution in [2.45, 2.75) is 0 Å². The molecular weight excluding hydrogens is 296 g/mol. The van der Waals surface area contributed by atoms with Crippen LogP contribution in [0.25, 0.3) is 0 Å². The highest BCUT2D eigenvalue weighted by molar-refractivity contribution is 9.11. The van der Waals surface area contributed by atoms with Gasteiger partial charge in [0.25, 0.3) is 9.21 Å². The van der Waals surface area contributed by atoms with Crippen molar-refractivity contribution >= 4 is 37.5 Å². The Balaban J connectivity index is 3.21. The van der Waals surface area contributed by atoms with Gasteiger partial charge in [-0.05, 0) is 0 Å². The van der Waals surface area contributed by atoms with Crippen molar-refractivity contribution in [3.05, 3.63) is 26.5 Å². The van der Waals surface area contributed by atoms with Crippen LogP contribution in [0.15, 0.2) is 21.3 Å². The van der Waals surface area contributed by atoms with Crippen molar-refractivity contribution in [2.24, 2.45) is 0 Å². The van der Waals surface area contributed by atoms with Gasteiger partial charge >= 0.3 is 0 Å². The number of anilines is 1. The topological polar surface area (TPSA) is 70.6 Å². The highest BCUT2D eigenvalue weighted by Crippen LogP contribution is 2.19. The number of nitrogens with zero attached hydrogens (tertiary/aromatic N) is 2. The van der Waals surface area contributed by atoms with Gasteiger partial charge < -0.3 is 5.21 Å². The Morgan fingerprint density at radius 3 is 2.00 bits per heavy atom. The van der Waals surface area contributed by atoms with Crippen molar-refractivity contribution in [1.82, 2.24) is 0 Å². The lowest BCUT2D eigenvalue weighted by molar-refractivity contribution is -0.628. The van der Waals surface area contributed by atoms with Crippen LogP contribution in [-0.4, -0.2) is 10.4 Å². The average molecular weight is 300 g/mol. The van der Waals surface area contributed by atoms with E-state index in [0.29, 0.717) is 4.73 Å². The maximum atomic E-state index is 11.0. The van der Waals surface area contributed by atoms with E-state index in [1.807, 2.05) is 0 Å². The lowest BCUT2D eigenvalue weighted by Gasteiger charge is -2.08. The van der Waals surface area contributed by atoms with Crippen molar-refractivity contribution < 1.29 is 15.1 Å². The third-order valence-corrected chi connectivity index (χ3v) is 2.25. The number of rotatable bonds is 1. The molecule has 5 nitrogen and oxygen atoms in total. The van der Waals surface area contributed by atoms with Crippen LogP contribution in [-0.2, 0) is 0 Å². The molecule has 0 saturated heterocycles. The van der Waals surface area contributed by atoms with Crippen LogP contribution in [0.2, 0.25) is 0 Å². The number of hydrogen-bond donors (Lipinski definition) is 2. The molecular formula is C5H4Br2N2O3. The minimum atomic E-state index is -0.0739. The third-order valence-electron chi connectivity index (χ3n) is 1.15. The average Bonchev–Trinajstić information content (AvgIpc) is 1.99. The predicted octanol–water partition coefficient (Wildman–Crippen LogP) is 1.43. The number of halogens is 2. The van der Waals surface area contributed by atoms with E-state index in [4.69, 9.17) is 10.4 Å². The number of hydrogen-bond acceptors (Lipinski definition) is 4. The standard InChI is InChI=1S/C5H4Br2N2O3/c6-4-1-3(9(11)12)2-5(7)8(4)10/h1-2,11-12H. The summed E-state index contributed by atoms with van der Waals surface area (Å²) in [6.45, 7) is 0. The highest BCUT2D eigenvalue weighted by atomic mass is 79.9. The first-order valence-corrected chi connectivity index (χ1v) is 4.37. The molecule has 1 aromatic rings. The second kappa shape index (κ2) is 3.56. The maximum absolute atomic E-state index is 11.0. The van der Waals surface area contributed by atoms with Gasteiger partial charge in [-0.15, -0.1) is 5.23 Å². The Morgan fingerprint density at radius 1 is 1.25 bits per heavy atom. The molecule has 0 amide bonds. The Bertz CT molecular complexity index is 282. The Morgan fingerprint density at radius 2 is 1.67 bits per heavy atom. The van der Waals surface area contributed by atoms with Crippen molar-refractivity contribution in [3.8, 4) is 0 Å². The maximum Gasteiger partial charge on any atom is 0.262 e. The smallest absolute Gasteiger partial charge is 0.262 e. The van der Waals surface area contributed by atoms with E-state index in [2.05, 4.69) is 31.9 Å². The molecule has 1 aromatic heterocycles. The normalized spacial score (nSPS) is 10.0. The van der Waals surface area contributed by atoms with E-state index in [9.17, 15) is 5.21 Å². The molecule has 0 bridgehead atoms. The first-order chi connectivity index (χ1) is 5.52. The van der Waals surface area contributed by atoms with Gasteiger partial charge in [-0.1, -0.05) is 0 Å². The summed E-state index contributed by atoms with van der Waals surface area (Å²) in [7, 11) is 0. The van der Waals surface area contributed by atoms with E-state index in [0.717, 1.165) is 0 Å². The second-order valence-corrected chi connectivity index (χ2v) is 3.57. The van der Waals surface area contributed by atoms with E-state index >= 15 is 0 Å². The molecule has 0 fully saturated rings. The van der Waals surface area contributed by atoms with Gasteiger partial charge in [-0.25, -0.2) is 0 Å². The molecule has 0 unspecified atom stereocenters. The highest BCUT2D eigenvalue weighted by Gasteiger charge is 2.11. The Kier molecular flexibility index (Phi) is 2.89. The fourth-order valence-electron chi connectivity index (χ4n) is 0.620. The second-order valence-electron chi connectivity index (χ2n) is 1.94. The van der Waals surface area contributed by atoms with Crippen LogP contribution in [0.4, 0.5) is 5.69 Å².